The van der Waals surface area contributed by atoms with Crippen LogP contribution in [0.25, 0.3) is 0 Å². The molecule has 2 amide bonds. The van der Waals surface area contributed by atoms with Gasteiger partial charge in [0.1, 0.15) is 0 Å². The van der Waals surface area contributed by atoms with Crippen molar-refractivity contribution in [1.82, 2.24) is 4.90 Å². The highest BCUT2D eigenvalue weighted by atomic mass is 16.2. The third-order valence-electron chi connectivity index (χ3n) is 4.18. The predicted octanol–water partition coefficient (Wildman–Crippen LogP) is 3.00. The molecule has 0 saturated carbocycles. The van der Waals surface area contributed by atoms with E-state index in [0.717, 1.165) is 37.2 Å². The second kappa shape index (κ2) is 7.43. The molecule has 22 heavy (non-hydrogen) atoms. The van der Waals surface area contributed by atoms with E-state index in [1.165, 1.54) is 0 Å². The molecule has 2 rings (SSSR count). The Morgan fingerprint density at radius 2 is 1.86 bits per heavy atom. The standard InChI is InChI=1S/C18H26N2O2/c1-4-10-19(11-5-2)18(22)15-12-17(21)20(13-15)16-9-7-6-8-14(16)3/h6-9,15H,4-5,10-13H2,1-3H3/t15-/m1/s1. The lowest BCUT2D eigenvalue weighted by atomic mass is 10.1. The highest BCUT2D eigenvalue weighted by Gasteiger charge is 2.37. The average Bonchev–Trinajstić information content (AvgIpc) is 2.88. The number of rotatable bonds is 6. The van der Waals surface area contributed by atoms with Gasteiger partial charge < -0.3 is 9.80 Å². The number of nitrogens with zero attached hydrogens (tertiary/aromatic N) is 2. The second-order valence-electron chi connectivity index (χ2n) is 6.02. The molecule has 0 spiro atoms. The molecule has 1 aromatic rings. The van der Waals surface area contributed by atoms with Crippen molar-refractivity contribution in [2.75, 3.05) is 24.5 Å². The lowest BCUT2D eigenvalue weighted by Crippen LogP contribution is -2.38. The van der Waals surface area contributed by atoms with Crippen molar-refractivity contribution < 1.29 is 9.59 Å². The largest absolute Gasteiger partial charge is 0.342 e. The summed E-state index contributed by atoms with van der Waals surface area (Å²) in [5, 5.41) is 0. The molecule has 1 saturated heterocycles. The van der Waals surface area contributed by atoms with Gasteiger partial charge >= 0.3 is 0 Å². The number of amides is 2. The van der Waals surface area contributed by atoms with E-state index in [1.807, 2.05) is 36.1 Å². The summed E-state index contributed by atoms with van der Waals surface area (Å²) in [5.74, 6) is -0.0149. The number of carbonyl (C=O) groups excluding carboxylic acids is 2. The Hall–Kier alpha value is -1.84. The zero-order chi connectivity index (χ0) is 16.1. The highest BCUT2D eigenvalue weighted by molar-refractivity contribution is 6.00. The van der Waals surface area contributed by atoms with E-state index in [0.29, 0.717) is 13.0 Å². The molecule has 120 valence electrons. The van der Waals surface area contributed by atoms with Crippen LogP contribution >= 0.6 is 0 Å². The topological polar surface area (TPSA) is 40.6 Å². The Balaban J connectivity index is 2.11. The van der Waals surface area contributed by atoms with Crippen LogP contribution in [0.15, 0.2) is 24.3 Å². The molecule has 1 aliphatic heterocycles. The number of aryl methyl sites for hydroxylation is 1. The summed E-state index contributed by atoms with van der Waals surface area (Å²) in [6, 6.07) is 7.85. The van der Waals surface area contributed by atoms with Crippen molar-refractivity contribution in [2.24, 2.45) is 5.92 Å². The Morgan fingerprint density at radius 1 is 1.23 bits per heavy atom. The number of benzene rings is 1. The van der Waals surface area contributed by atoms with E-state index in [9.17, 15) is 9.59 Å². The first kappa shape index (κ1) is 16.5. The molecule has 1 fully saturated rings. The number of anilines is 1. The van der Waals surface area contributed by atoms with E-state index in [2.05, 4.69) is 13.8 Å². The van der Waals surface area contributed by atoms with Gasteiger partial charge in [-0.3, -0.25) is 9.59 Å². The van der Waals surface area contributed by atoms with Gasteiger partial charge in [0.25, 0.3) is 0 Å². The number of carbonyl (C=O) groups is 2. The molecular weight excluding hydrogens is 276 g/mol. The molecule has 4 nitrogen and oxygen atoms in total. The van der Waals surface area contributed by atoms with Crippen molar-refractivity contribution in [3.05, 3.63) is 29.8 Å². The van der Waals surface area contributed by atoms with Crippen LogP contribution in [0.4, 0.5) is 5.69 Å². The van der Waals surface area contributed by atoms with Gasteiger partial charge in [0.05, 0.1) is 5.92 Å². The fourth-order valence-corrected chi connectivity index (χ4v) is 3.10. The molecule has 1 atom stereocenters. The second-order valence-corrected chi connectivity index (χ2v) is 6.02. The van der Waals surface area contributed by atoms with Gasteiger partial charge in [-0.05, 0) is 31.4 Å². The Kier molecular flexibility index (Phi) is 5.58. The quantitative estimate of drug-likeness (QED) is 0.810. The first-order valence-corrected chi connectivity index (χ1v) is 8.23. The fraction of sp³-hybridized carbons (Fsp3) is 0.556. The minimum atomic E-state index is -0.204. The molecule has 1 aliphatic rings. The Labute approximate surface area is 133 Å². The van der Waals surface area contributed by atoms with Gasteiger partial charge in [0.2, 0.25) is 11.8 Å². The molecule has 0 bridgehead atoms. The maximum absolute atomic E-state index is 12.7. The summed E-state index contributed by atoms with van der Waals surface area (Å²) in [4.78, 5) is 28.7. The average molecular weight is 302 g/mol. The molecular formula is C18H26N2O2. The van der Waals surface area contributed by atoms with Crippen LogP contribution in [0.5, 0.6) is 0 Å². The zero-order valence-electron chi connectivity index (χ0n) is 13.8. The van der Waals surface area contributed by atoms with Crippen molar-refractivity contribution in [3.63, 3.8) is 0 Å². The molecule has 0 radical (unpaired) electrons. The summed E-state index contributed by atoms with van der Waals surface area (Å²) >= 11 is 0. The summed E-state index contributed by atoms with van der Waals surface area (Å²) in [6.45, 7) is 8.22. The number of hydrogen-bond donors (Lipinski definition) is 0. The molecule has 0 aliphatic carbocycles. The van der Waals surface area contributed by atoms with Crippen LogP contribution in [-0.4, -0.2) is 36.3 Å². The maximum Gasteiger partial charge on any atom is 0.228 e. The van der Waals surface area contributed by atoms with Gasteiger partial charge in [-0.1, -0.05) is 32.0 Å². The molecule has 4 heteroatoms. The van der Waals surface area contributed by atoms with Gasteiger partial charge in [0, 0.05) is 31.7 Å². The van der Waals surface area contributed by atoms with Crippen LogP contribution in [-0.2, 0) is 9.59 Å². The third kappa shape index (κ3) is 3.49. The van der Waals surface area contributed by atoms with Gasteiger partial charge in [0.15, 0.2) is 0 Å². The third-order valence-corrected chi connectivity index (χ3v) is 4.18. The monoisotopic (exact) mass is 302 g/mol. The van der Waals surface area contributed by atoms with E-state index >= 15 is 0 Å². The lowest BCUT2D eigenvalue weighted by molar-refractivity contribution is -0.135. The minimum absolute atomic E-state index is 0.0561. The first-order valence-electron chi connectivity index (χ1n) is 8.23. The maximum atomic E-state index is 12.7. The highest BCUT2D eigenvalue weighted by Crippen LogP contribution is 2.28. The van der Waals surface area contributed by atoms with Crippen LogP contribution in [0.2, 0.25) is 0 Å². The normalized spacial score (nSPS) is 17.9. The molecule has 1 heterocycles. The van der Waals surface area contributed by atoms with Gasteiger partial charge in [-0.15, -0.1) is 0 Å². The van der Waals surface area contributed by atoms with E-state index < -0.39 is 0 Å². The van der Waals surface area contributed by atoms with E-state index in [-0.39, 0.29) is 17.7 Å². The molecule has 0 aromatic heterocycles. The molecule has 0 unspecified atom stereocenters. The van der Waals surface area contributed by atoms with E-state index in [4.69, 9.17) is 0 Å². The summed E-state index contributed by atoms with van der Waals surface area (Å²) in [6.07, 6.45) is 2.24. The zero-order valence-corrected chi connectivity index (χ0v) is 13.8. The number of hydrogen-bond acceptors (Lipinski definition) is 2. The summed E-state index contributed by atoms with van der Waals surface area (Å²) < 4.78 is 0. The van der Waals surface area contributed by atoms with Crippen LogP contribution < -0.4 is 4.90 Å². The van der Waals surface area contributed by atoms with Crippen molar-refractivity contribution >= 4 is 17.5 Å². The predicted molar refractivity (Wildman–Crippen MR) is 88.8 cm³/mol. The molecule has 1 aromatic carbocycles. The van der Waals surface area contributed by atoms with Crippen molar-refractivity contribution in [1.29, 1.82) is 0 Å². The van der Waals surface area contributed by atoms with E-state index in [1.54, 1.807) is 4.90 Å². The van der Waals surface area contributed by atoms with Crippen LogP contribution in [0.3, 0.4) is 0 Å². The van der Waals surface area contributed by atoms with Gasteiger partial charge in [-0.2, -0.15) is 0 Å². The molecule has 0 N–H and O–H groups in total. The van der Waals surface area contributed by atoms with Crippen LogP contribution in [0.1, 0.15) is 38.7 Å². The Bertz CT molecular complexity index is 536. The van der Waals surface area contributed by atoms with Crippen molar-refractivity contribution in [2.45, 2.75) is 40.0 Å². The van der Waals surface area contributed by atoms with Crippen molar-refractivity contribution in [3.8, 4) is 0 Å². The summed E-state index contributed by atoms with van der Waals surface area (Å²) in [5.41, 5.74) is 2.00. The van der Waals surface area contributed by atoms with Crippen LogP contribution in [0, 0.1) is 12.8 Å². The smallest absolute Gasteiger partial charge is 0.228 e. The fourth-order valence-electron chi connectivity index (χ4n) is 3.10. The van der Waals surface area contributed by atoms with Gasteiger partial charge in [-0.25, -0.2) is 0 Å². The number of para-hydroxylation sites is 1. The first-order chi connectivity index (χ1) is 10.6. The lowest BCUT2D eigenvalue weighted by Gasteiger charge is -2.25. The summed E-state index contributed by atoms with van der Waals surface area (Å²) in [7, 11) is 0. The SMILES string of the molecule is CCCN(CCC)C(=O)[C@@H]1CC(=O)N(c2ccccc2C)C1. The Morgan fingerprint density at radius 3 is 2.45 bits per heavy atom. The minimum Gasteiger partial charge on any atom is -0.342 e.